The number of carbonyl (C=O) groups is 2. The molecule has 0 bridgehead atoms. The van der Waals surface area contributed by atoms with Gasteiger partial charge in [0, 0.05) is 30.5 Å². The van der Waals surface area contributed by atoms with Crippen LogP contribution in [0, 0.1) is 0 Å². The minimum Gasteiger partial charge on any atom is -0.454 e. The highest BCUT2D eigenvalue weighted by atomic mass is 32.2. The van der Waals surface area contributed by atoms with Crippen LogP contribution in [0.4, 0.5) is 4.79 Å². The molecule has 3 aliphatic rings. The van der Waals surface area contributed by atoms with Crippen molar-refractivity contribution in [1.82, 2.24) is 15.5 Å². The van der Waals surface area contributed by atoms with Crippen molar-refractivity contribution >= 4 is 23.7 Å². The summed E-state index contributed by atoms with van der Waals surface area (Å²) < 4.78 is 10.8. The van der Waals surface area contributed by atoms with Crippen LogP contribution in [-0.4, -0.2) is 53.3 Å². The number of hydrogen-bond donors (Lipinski definition) is 2. The van der Waals surface area contributed by atoms with Gasteiger partial charge in [-0.25, -0.2) is 4.79 Å². The summed E-state index contributed by atoms with van der Waals surface area (Å²) in [7, 11) is 0. The molecule has 2 saturated heterocycles. The molecule has 2 fully saturated rings. The third kappa shape index (κ3) is 4.16. The van der Waals surface area contributed by atoms with Gasteiger partial charge in [0.2, 0.25) is 12.7 Å². The Balaban J connectivity index is 1.21. The first kappa shape index (κ1) is 19.2. The van der Waals surface area contributed by atoms with E-state index in [-0.39, 0.29) is 30.8 Å². The lowest BCUT2D eigenvalue weighted by atomic mass is 10.0. The maximum absolute atomic E-state index is 12.6. The van der Waals surface area contributed by atoms with Crippen molar-refractivity contribution in [2.45, 2.75) is 56.5 Å². The van der Waals surface area contributed by atoms with Crippen molar-refractivity contribution in [3.8, 4) is 11.5 Å². The molecule has 1 aromatic rings. The number of nitrogens with one attached hydrogen (secondary N) is 2. The average molecular weight is 406 g/mol. The Labute approximate surface area is 169 Å². The molecule has 0 unspecified atom stereocenters. The molecule has 0 radical (unpaired) electrons. The molecule has 1 aromatic carbocycles. The van der Waals surface area contributed by atoms with E-state index in [4.69, 9.17) is 9.47 Å². The molecular formula is C20H27N3O4S. The van der Waals surface area contributed by atoms with Crippen LogP contribution in [0.25, 0.3) is 0 Å². The van der Waals surface area contributed by atoms with Crippen molar-refractivity contribution in [3.63, 3.8) is 0 Å². The molecule has 3 atom stereocenters. The van der Waals surface area contributed by atoms with Crippen molar-refractivity contribution in [2.24, 2.45) is 0 Å². The van der Waals surface area contributed by atoms with E-state index in [1.165, 1.54) is 0 Å². The second-order valence-electron chi connectivity index (χ2n) is 7.46. The number of benzene rings is 1. The van der Waals surface area contributed by atoms with Gasteiger partial charge >= 0.3 is 6.03 Å². The van der Waals surface area contributed by atoms with E-state index in [1.807, 2.05) is 41.8 Å². The van der Waals surface area contributed by atoms with Crippen LogP contribution in [-0.2, 0) is 11.3 Å². The molecule has 4 rings (SSSR count). The van der Waals surface area contributed by atoms with Crippen LogP contribution < -0.4 is 20.1 Å². The third-order valence-electron chi connectivity index (χ3n) is 5.61. The van der Waals surface area contributed by atoms with Gasteiger partial charge in [-0.15, -0.1) is 0 Å². The fourth-order valence-electron chi connectivity index (χ4n) is 4.06. The molecule has 8 heteroatoms. The summed E-state index contributed by atoms with van der Waals surface area (Å²) in [6, 6.07) is 6.31. The molecule has 3 aliphatic heterocycles. The van der Waals surface area contributed by atoms with Crippen LogP contribution in [0.3, 0.4) is 0 Å². The van der Waals surface area contributed by atoms with Crippen molar-refractivity contribution in [2.75, 3.05) is 19.1 Å². The summed E-state index contributed by atoms with van der Waals surface area (Å²) in [5, 5.41) is 6.44. The molecule has 28 heavy (non-hydrogen) atoms. The number of ether oxygens (including phenoxy) is 2. The van der Waals surface area contributed by atoms with E-state index in [2.05, 4.69) is 10.6 Å². The SMILES string of the molecule is CCN(Cc1ccc2c(c1)OCO2)C(=O)CCCC[C@@H]1SC[C@@H]2NC(=O)N[C@@H]21. The number of thioether (sulfide) groups is 1. The molecule has 3 amide bonds. The second kappa shape index (κ2) is 8.51. The molecule has 0 saturated carbocycles. The Morgan fingerprint density at radius 1 is 1.25 bits per heavy atom. The third-order valence-corrected chi connectivity index (χ3v) is 7.12. The predicted molar refractivity (Wildman–Crippen MR) is 108 cm³/mol. The quantitative estimate of drug-likeness (QED) is 0.513. The number of urea groups is 1. The average Bonchev–Trinajstić information content (AvgIpc) is 3.38. The Bertz CT molecular complexity index is 744. The van der Waals surface area contributed by atoms with Gasteiger partial charge < -0.3 is 25.0 Å². The number of nitrogens with zero attached hydrogens (tertiary/aromatic N) is 1. The minimum absolute atomic E-state index is 0.0439. The van der Waals surface area contributed by atoms with Crippen molar-refractivity contribution in [1.29, 1.82) is 0 Å². The number of carbonyl (C=O) groups excluding carboxylic acids is 2. The Kier molecular flexibility index (Phi) is 5.85. The normalized spacial score (nSPS) is 24.6. The van der Waals surface area contributed by atoms with Crippen LogP contribution in [0.5, 0.6) is 11.5 Å². The van der Waals surface area contributed by atoms with Crippen LogP contribution in [0.2, 0.25) is 0 Å². The minimum atomic E-state index is -0.0439. The van der Waals surface area contributed by atoms with Crippen LogP contribution in [0.1, 0.15) is 38.2 Å². The van der Waals surface area contributed by atoms with E-state index in [0.717, 1.165) is 42.1 Å². The zero-order valence-electron chi connectivity index (χ0n) is 16.1. The maximum atomic E-state index is 12.6. The first-order chi connectivity index (χ1) is 13.6. The monoisotopic (exact) mass is 405 g/mol. The zero-order chi connectivity index (χ0) is 19.5. The summed E-state index contributed by atoms with van der Waals surface area (Å²) in [6.45, 7) is 3.55. The summed E-state index contributed by atoms with van der Waals surface area (Å²) in [6.07, 6.45) is 3.49. The van der Waals surface area contributed by atoms with E-state index in [1.54, 1.807) is 0 Å². The number of fused-ring (bicyclic) bond motifs is 2. The number of unbranched alkanes of at least 4 members (excludes halogenated alkanes) is 1. The maximum Gasteiger partial charge on any atom is 0.315 e. The number of hydrogen-bond acceptors (Lipinski definition) is 5. The van der Waals surface area contributed by atoms with Crippen molar-refractivity contribution in [3.05, 3.63) is 23.8 Å². The fourth-order valence-corrected chi connectivity index (χ4v) is 5.60. The first-order valence-corrected chi connectivity index (χ1v) is 11.0. The van der Waals surface area contributed by atoms with Gasteiger partial charge in [-0.1, -0.05) is 12.5 Å². The molecule has 0 aliphatic carbocycles. The zero-order valence-corrected chi connectivity index (χ0v) is 16.9. The van der Waals surface area contributed by atoms with Gasteiger partial charge in [0.15, 0.2) is 11.5 Å². The highest BCUT2D eigenvalue weighted by Gasteiger charge is 2.42. The standard InChI is InChI=1S/C20H27N3O4S/c1-2-23(10-13-7-8-15-16(9-13)27-12-26-15)18(24)6-4-3-5-17-19-14(11-28-17)21-20(25)22-19/h7-9,14,17,19H,2-6,10-12H2,1H3,(H2,21,22,25)/t14-,17-,19-/m0/s1. The molecule has 2 N–H and O–H groups in total. The van der Waals surface area contributed by atoms with Crippen molar-refractivity contribution < 1.29 is 19.1 Å². The molecule has 0 aromatic heterocycles. The van der Waals surface area contributed by atoms with Crippen LogP contribution >= 0.6 is 11.8 Å². The smallest absolute Gasteiger partial charge is 0.315 e. The van der Waals surface area contributed by atoms with Crippen LogP contribution in [0.15, 0.2) is 18.2 Å². The lowest BCUT2D eigenvalue weighted by Crippen LogP contribution is -2.36. The highest BCUT2D eigenvalue weighted by molar-refractivity contribution is 8.00. The summed E-state index contributed by atoms with van der Waals surface area (Å²) in [4.78, 5) is 26.0. The van der Waals surface area contributed by atoms with Gasteiger partial charge in [-0.2, -0.15) is 11.8 Å². The van der Waals surface area contributed by atoms with E-state index < -0.39 is 0 Å². The lowest BCUT2D eigenvalue weighted by molar-refractivity contribution is -0.131. The highest BCUT2D eigenvalue weighted by Crippen LogP contribution is 2.34. The molecule has 0 spiro atoms. The topological polar surface area (TPSA) is 79.9 Å². The second-order valence-corrected chi connectivity index (χ2v) is 8.74. The molecule has 152 valence electrons. The van der Waals surface area contributed by atoms with E-state index in [9.17, 15) is 9.59 Å². The molecule has 3 heterocycles. The van der Waals surface area contributed by atoms with Gasteiger partial charge in [0.25, 0.3) is 0 Å². The largest absolute Gasteiger partial charge is 0.454 e. The van der Waals surface area contributed by atoms with Gasteiger partial charge in [0.1, 0.15) is 0 Å². The molecule has 7 nitrogen and oxygen atoms in total. The Morgan fingerprint density at radius 3 is 2.96 bits per heavy atom. The predicted octanol–water partition coefficient (Wildman–Crippen LogP) is 2.49. The summed E-state index contributed by atoms with van der Waals surface area (Å²) in [5.74, 6) is 2.68. The number of amides is 3. The van der Waals surface area contributed by atoms with E-state index in [0.29, 0.717) is 24.8 Å². The Morgan fingerprint density at radius 2 is 2.11 bits per heavy atom. The first-order valence-electron chi connectivity index (χ1n) is 9.99. The summed E-state index contributed by atoms with van der Waals surface area (Å²) >= 11 is 1.92. The van der Waals surface area contributed by atoms with Gasteiger partial charge in [-0.05, 0) is 37.5 Å². The van der Waals surface area contributed by atoms with Gasteiger partial charge in [0.05, 0.1) is 12.1 Å². The lowest BCUT2D eigenvalue weighted by Gasteiger charge is -2.21. The Hall–Kier alpha value is -2.09. The van der Waals surface area contributed by atoms with E-state index >= 15 is 0 Å². The molecular weight excluding hydrogens is 378 g/mol. The number of rotatable bonds is 8. The summed E-state index contributed by atoms with van der Waals surface area (Å²) in [5.41, 5.74) is 1.05. The van der Waals surface area contributed by atoms with Gasteiger partial charge in [-0.3, -0.25) is 4.79 Å². The fraction of sp³-hybridized carbons (Fsp3) is 0.600.